The molecule has 0 aromatic rings. The third-order valence-corrected chi connectivity index (χ3v) is 1.93. The Morgan fingerprint density at radius 2 is 2.62 bits per heavy atom. The van der Waals surface area contributed by atoms with Gasteiger partial charge < -0.3 is 4.74 Å². The average molecular weight is 111 g/mol. The van der Waals surface area contributed by atoms with E-state index in [1.54, 1.807) is 7.11 Å². The lowest BCUT2D eigenvalue weighted by molar-refractivity contribution is 0.388. The fraction of sp³-hybridized carbons (Fsp3) is 0.833. The number of methoxy groups -OCH3 is 1. The van der Waals surface area contributed by atoms with Crippen LogP contribution in [0.5, 0.6) is 0 Å². The molecule has 0 bridgehead atoms. The van der Waals surface area contributed by atoms with E-state index in [2.05, 4.69) is 4.99 Å². The summed E-state index contributed by atoms with van der Waals surface area (Å²) in [6, 6.07) is 0. The molecule has 44 valence electrons. The zero-order valence-electron chi connectivity index (χ0n) is 4.92. The molecule has 2 atom stereocenters. The second-order valence-electron chi connectivity index (χ2n) is 2.49. The maximum Gasteiger partial charge on any atom is 0.186 e. The summed E-state index contributed by atoms with van der Waals surface area (Å²) in [5.41, 5.74) is 0. The first-order valence-corrected chi connectivity index (χ1v) is 3.00. The molecule has 1 saturated carbocycles. The third kappa shape index (κ3) is 0.403. The van der Waals surface area contributed by atoms with Gasteiger partial charge in [-0.15, -0.1) is 0 Å². The minimum absolute atomic E-state index is 0.722. The van der Waals surface area contributed by atoms with E-state index in [9.17, 15) is 0 Å². The smallest absolute Gasteiger partial charge is 0.186 e. The van der Waals surface area contributed by atoms with E-state index in [0.717, 1.165) is 24.3 Å². The Labute approximate surface area is 48.6 Å². The summed E-state index contributed by atoms with van der Waals surface area (Å²) in [7, 11) is 1.71. The van der Waals surface area contributed by atoms with Crippen LogP contribution in [0.3, 0.4) is 0 Å². The number of nitrogens with zero attached hydrogens (tertiary/aromatic N) is 1. The van der Waals surface area contributed by atoms with Crippen LogP contribution in [0.2, 0.25) is 0 Å². The van der Waals surface area contributed by atoms with Gasteiger partial charge in [0.1, 0.15) is 0 Å². The molecule has 0 aromatic heterocycles. The second-order valence-corrected chi connectivity index (χ2v) is 2.49. The number of ether oxygens (including phenoxy) is 1. The molecule has 2 nitrogen and oxygen atoms in total. The Morgan fingerprint density at radius 1 is 1.75 bits per heavy atom. The molecule has 2 heteroatoms. The Hall–Kier alpha value is -0.530. The van der Waals surface area contributed by atoms with Crippen molar-refractivity contribution in [2.45, 2.75) is 6.42 Å². The highest BCUT2D eigenvalue weighted by Crippen LogP contribution is 2.44. The maximum atomic E-state index is 5.02. The van der Waals surface area contributed by atoms with Gasteiger partial charge >= 0.3 is 0 Å². The molecule has 0 spiro atoms. The van der Waals surface area contributed by atoms with Crippen molar-refractivity contribution in [1.29, 1.82) is 0 Å². The van der Waals surface area contributed by atoms with Crippen LogP contribution in [0, 0.1) is 11.8 Å². The molecule has 1 fully saturated rings. The van der Waals surface area contributed by atoms with Crippen LogP contribution < -0.4 is 0 Å². The molecule has 2 aliphatic rings. The van der Waals surface area contributed by atoms with Crippen molar-refractivity contribution in [2.75, 3.05) is 13.7 Å². The number of hydrogen-bond donors (Lipinski definition) is 0. The molecule has 8 heavy (non-hydrogen) atoms. The van der Waals surface area contributed by atoms with Crippen LogP contribution in [0.25, 0.3) is 0 Å². The number of hydrogen-bond acceptors (Lipinski definition) is 2. The summed E-state index contributed by atoms with van der Waals surface area (Å²) in [5.74, 6) is 2.58. The van der Waals surface area contributed by atoms with E-state index in [1.165, 1.54) is 6.42 Å². The van der Waals surface area contributed by atoms with Gasteiger partial charge in [-0.3, -0.25) is 4.99 Å². The molecule has 2 unspecified atom stereocenters. The lowest BCUT2D eigenvalue weighted by Crippen LogP contribution is -1.99. The van der Waals surface area contributed by atoms with Crippen LogP contribution in [0.4, 0.5) is 0 Å². The van der Waals surface area contributed by atoms with E-state index in [0.29, 0.717) is 0 Å². The summed E-state index contributed by atoms with van der Waals surface area (Å²) in [6.45, 7) is 1.02. The van der Waals surface area contributed by atoms with Gasteiger partial charge in [0.05, 0.1) is 7.11 Å². The van der Waals surface area contributed by atoms with Crippen molar-refractivity contribution >= 4 is 5.90 Å². The van der Waals surface area contributed by atoms with E-state index >= 15 is 0 Å². The highest BCUT2D eigenvalue weighted by molar-refractivity contribution is 5.83. The highest BCUT2D eigenvalue weighted by Gasteiger charge is 2.46. The van der Waals surface area contributed by atoms with Gasteiger partial charge in [0.2, 0.25) is 0 Å². The maximum absolute atomic E-state index is 5.02. The molecule has 2 rings (SSSR count). The van der Waals surface area contributed by atoms with Gasteiger partial charge in [-0.2, -0.15) is 0 Å². The highest BCUT2D eigenvalue weighted by atomic mass is 16.5. The van der Waals surface area contributed by atoms with Gasteiger partial charge in [0.15, 0.2) is 5.90 Å². The Bertz CT molecular complexity index is 141. The van der Waals surface area contributed by atoms with Gasteiger partial charge in [0, 0.05) is 12.5 Å². The average Bonchev–Trinajstić information content (AvgIpc) is 2.46. The topological polar surface area (TPSA) is 21.6 Å². The van der Waals surface area contributed by atoms with Crippen molar-refractivity contribution in [1.82, 2.24) is 0 Å². The van der Waals surface area contributed by atoms with Crippen LogP contribution in [0.15, 0.2) is 4.99 Å². The number of aliphatic imine (C=N–C) groups is 1. The molecule has 1 aliphatic heterocycles. The van der Waals surface area contributed by atoms with E-state index in [-0.39, 0.29) is 0 Å². The Kier molecular flexibility index (Phi) is 0.678. The first-order chi connectivity index (χ1) is 3.92. The van der Waals surface area contributed by atoms with Crippen molar-refractivity contribution in [3.8, 4) is 0 Å². The number of rotatable bonds is 0. The van der Waals surface area contributed by atoms with Gasteiger partial charge in [-0.25, -0.2) is 0 Å². The van der Waals surface area contributed by atoms with Crippen molar-refractivity contribution in [2.24, 2.45) is 16.8 Å². The van der Waals surface area contributed by atoms with Crippen molar-refractivity contribution in [3.05, 3.63) is 0 Å². The standard InChI is InChI=1S/C6H9NO/c1-8-6-5-2-4(5)3-7-6/h4-5H,2-3H2,1H3. The van der Waals surface area contributed by atoms with E-state index in [4.69, 9.17) is 4.74 Å². The zero-order chi connectivity index (χ0) is 5.56. The fourth-order valence-corrected chi connectivity index (χ4v) is 1.29. The predicted octanol–water partition coefficient (Wildman–Crippen LogP) is 0.681. The molecular formula is C6H9NO. The summed E-state index contributed by atoms with van der Waals surface area (Å²) < 4.78 is 5.02. The van der Waals surface area contributed by atoms with Gasteiger partial charge in [-0.05, 0) is 12.3 Å². The van der Waals surface area contributed by atoms with Crippen LogP contribution in [0.1, 0.15) is 6.42 Å². The summed E-state index contributed by atoms with van der Waals surface area (Å²) >= 11 is 0. The predicted molar refractivity (Wildman–Crippen MR) is 30.9 cm³/mol. The molecule has 1 heterocycles. The van der Waals surface area contributed by atoms with Crippen LogP contribution in [-0.2, 0) is 4.74 Å². The largest absolute Gasteiger partial charge is 0.484 e. The third-order valence-electron chi connectivity index (χ3n) is 1.93. The minimum atomic E-state index is 0.722. The molecule has 0 N–H and O–H groups in total. The SMILES string of the molecule is COC1=NCC2CC12. The first-order valence-electron chi connectivity index (χ1n) is 3.00. The summed E-state index contributed by atoms with van der Waals surface area (Å²) in [5, 5.41) is 0. The fourth-order valence-electron chi connectivity index (χ4n) is 1.29. The lowest BCUT2D eigenvalue weighted by atomic mass is 10.4. The van der Waals surface area contributed by atoms with Crippen molar-refractivity contribution < 1.29 is 4.74 Å². The van der Waals surface area contributed by atoms with Crippen LogP contribution in [-0.4, -0.2) is 19.6 Å². The second kappa shape index (κ2) is 1.24. The quantitative estimate of drug-likeness (QED) is 0.450. The molecule has 1 aliphatic carbocycles. The molecular weight excluding hydrogens is 102 g/mol. The van der Waals surface area contributed by atoms with E-state index in [1.807, 2.05) is 0 Å². The van der Waals surface area contributed by atoms with E-state index < -0.39 is 0 Å². The monoisotopic (exact) mass is 111 g/mol. The molecule has 0 aromatic carbocycles. The molecule has 0 amide bonds. The van der Waals surface area contributed by atoms with Gasteiger partial charge in [0.25, 0.3) is 0 Å². The van der Waals surface area contributed by atoms with Gasteiger partial charge in [-0.1, -0.05) is 0 Å². The zero-order valence-corrected chi connectivity index (χ0v) is 4.92. The molecule has 0 radical (unpaired) electrons. The Balaban J connectivity index is 2.12. The minimum Gasteiger partial charge on any atom is -0.484 e. The summed E-state index contributed by atoms with van der Waals surface area (Å²) in [4.78, 5) is 4.18. The van der Waals surface area contributed by atoms with Crippen LogP contribution >= 0.6 is 0 Å². The normalized spacial score (nSPS) is 40.9. The Morgan fingerprint density at radius 3 is 2.88 bits per heavy atom. The summed E-state index contributed by atoms with van der Waals surface area (Å²) in [6.07, 6.45) is 1.33. The van der Waals surface area contributed by atoms with Crippen molar-refractivity contribution in [3.63, 3.8) is 0 Å². The molecule has 0 saturated heterocycles. The number of fused-ring (bicyclic) bond motifs is 1. The first kappa shape index (κ1) is 4.36. The lowest BCUT2D eigenvalue weighted by Gasteiger charge is -1.95.